The van der Waals surface area contributed by atoms with Crippen molar-refractivity contribution in [2.45, 2.75) is 12.8 Å². The topological polar surface area (TPSA) is 72.4 Å². The Morgan fingerprint density at radius 2 is 2.08 bits per heavy atom. The van der Waals surface area contributed by atoms with Crippen molar-refractivity contribution in [3.8, 4) is 0 Å². The van der Waals surface area contributed by atoms with E-state index in [1.54, 1.807) is 10.8 Å². The highest BCUT2D eigenvalue weighted by Crippen LogP contribution is 2.33. The smallest absolute Gasteiger partial charge is 0.260 e. The van der Waals surface area contributed by atoms with Crippen molar-refractivity contribution in [2.75, 3.05) is 23.9 Å². The number of hydrogen-bond donors (Lipinski definition) is 1. The summed E-state index contributed by atoms with van der Waals surface area (Å²) in [5.41, 5.74) is 5.44. The van der Waals surface area contributed by atoms with E-state index in [0.29, 0.717) is 17.9 Å². The van der Waals surface area contributed by atoms with Gasteiger partial charge in [-0.1, -0.05) is 18.7 Å². The molecule has 0 radical (unpaired) electrons. The molecule has 1 amide bonds. The Kier molecular flexibility index (Phi) is 4.04. The predicted octanol–water partition coefficient (Wildman–Crippen LogP) is 4.27. The Labute approximate surface area is 151 Å². The van der Waals surface area contributed by atoms with Crippen LogP contribution in [0.4, 0.5) is 17.1 Å². The van der Waals surface area contributed by atoms with Crippen LogP contribution in [0.5, 0.6) is 0 Å². The lowest BCUT2D eigenvalue weighted by atomic mass is 9.99. The van der Waals surface area contributed by atoms with Gasteiger partial charge in [0.2, 0.25) is 11.9 Å². The molecule has 0 aliphatic carbocycles. The minimum absolute atomic E-state index is 0.184. The minimum atomic E-state index is -0.184. The van der Waals surface area contributed by atoms with E-state index >= 15 is 0 Å². The monoisotopic (exact) mass is 347 g/mol. The normalized spacial score (nSPS) is 15.7. The molecule has 2 heterocycles. The number of nitrogens with zero attached hydrogens (tertiary/aromatic N) is 5. The third kappa shape index (κ3) is 2.88. The van der Waals surface area contributed by atoms with Crippen molar-refractivity contribution in [3.05, 3.63) is 65.9 Å². The van der Waals surface area contributed by atoms with E-state index in [0.717, 1.165) is 29.9 Å². The van der Waals surface area contributed by atoms with Crippen molar-refractivity contribution in [3.63, 3.8) is 0 Å². The van der Waals surface area contributed by atoms with Crippen molar-refractivity contribution in [1.29, 1.82) is 0 Å². The van der Waals surface area contributed by atoms with Crippen LogP contribution < -0.4 is 10.2 Å². The van der Waals surface area contributed by atoms with E-state index in [1.165, 1.54) is 5.56 Å². The molecule has 4 rings (SSSR count). The SMILES string of the molecule is C=C1CCc2cc(NC(=O)c3ccccc3[N+]3=NN=NC3)ccc2N1C. The second-order valence-electron chi connectivity index (χ2n) is 6.30. The quantitative estimate of drug-likeness (QED) is 0.842. The molecule has 0 spiro atoms. The molecule has 0 aromatic heterocycles. The largest absolute Gasteiger partial charge is 0.349 e. The molecule has 2 aromatic rings. The van der Waals surface area contributed by atoms with Crippen LogP contribution in [0.2, 0.25) is 0 Å². The van der Waals surface area contributed by atoms with Crippen LogP contribution in [-0.4, -0.2) is 24.3 Å². The lowest BCUT2D eigenvalue weighted by Gasteiger charge is -2.29. The first-order valence-corrected chi connectivity index (χ1v) is 8.43. The van der Waals surface area contributed by atoms with Gasteiger partial charge in [-0.25, -0.2) is 0 Å². The maximum absolute atomic E-state index is 12.8. The average Bonchev–Trinajstić information content (AvgIpc) is 3.19. The van der Waals surface area contributed by atoms with Gasteiger partial charge in [0.25, 0.3) is 5.91 Å². The Morgan fingerprint density at radius 3 is 2.88 bits per heavy atom. The van der Waals surface area contributed by atoms with Crippen molar-refractivity contribution in [1.82, 2.24) is 0 Å². The number of benzene rings is 2. The lowest BCUT2D eigenvalue weighted by molar-refractivity contribution is -0.501. The number of amides is 1. The predicted molar refractivity (Wildman–Crippen MR) is 98.8 cm³/mol. The molecular weight excluding hydrogens is 328 g/mol. The summed E-state index contributed by atoms with van der Waals surface area (Å²) in [4.78, 5) is 14.9. The third-order valence-electron chi connectivity index (χ3n) is 4.69. The van der Waals surface area contributed by atoms with Crippen LogP contribution in [0.25, 0.3) is 0 Å². The summed E-state index contributed by atoms with van der Waals surface area (Å²) in [5.74, 6) is -0.184. The highest BCUT2D eigenvalue weighted by molar-refractivity contribution is 6.07. The molecule has 0 fully saturated rings. The maximum Gasteiger partial charge on any atom is 0.260 e. The Hall–Kier alpha value is -3.35. The fourth-order valence-corrected chi connectivity index (χ4v) is 3.21. The third-order valence-corrected chi connectivity index (χ3v) is 4.69. The zero-order valence-corrected chi connectivity index (χ0v) is 14.5. The molecule has 2 aliphatic heterocycles. The number of para-hydroxylation sites is 1. The highest BCUT2D eigenvalue weighted by atomic mass is 16.1. The van der Waals surface area contributed by atoms with Gasteiger partial charge >= 0.3 is 0 Å². The van der Waals surface area contributed by atoms with Crippen LogP contribution in [0.1, 0.15) is 22.3 Å². The van der Waals surface area contributed by atoms with Gasteiger partial charge in [0, 0.05) is 24.1 Å². The Balaban J connectivity index is 1.59. The summed E-state index contributed by atoms with van der Waals surface area (Å²) in [6.45, 7) is 4.40. The van der Waals surface area contributed by atoms with Gasteiger partial charge in [0.1, 0.15) is 0 Å². The number of rotatable bonds is 3. The van der Waals surface area contributed by atoms with E-state index in [4.69, 9.17) is 0 Å². The molecular formula is C19H19N6O+. The fraction of sp³-hybridized carbons (Fsp3) is 0.211. The van der Waals surface area contributed by atoms with Gasteiger partial charge in [-0.2, -0.15) is 0 Å². The zero-order valence-electron chi connectivity index (χ0n) is 14.5. The molecule has 0 saturated carbocycles. The molecule has 2 aromatic carbocycles. The number of carbonyl (C=O) groups is 1. The van der Waals surface area contributed by atoms with Gasteiger partial charge < -0.3 is 10.2 Å². The molecule has 0 unspecified atom stereocenters. The Bertz CT molecular complexity index is 962. The van der Waals surface area contributed by atoms with Gasteiger partial charge in [-0.3, -0.25) is 4.79 Å². The summed E-state index contributed by atoms with van der Waals surface area (Å²) < 4.78 is 1.60. The van der Waals surface area contributed by atoms with E-state index < -0.39 is 0 Å². The highest BCUT2D eigenvalue weighted by Gasteiger charge is 2.22. The summed E-state index contributed by atoms with van der Waals surface area (Å²) in [5, 5.41) is 14.4. The van der Waals surface area contributed by atoms with Crippen molar-refractivity contribution < 1.29 is 9.49 Å². The first kappa shape index (κ1) is 16.1. The van der Waals surface area contributed by atoms with E-state index in [-0.39, 0.29) is 5.91 Å². The first-order valence-electron chi connectivity index (χ1n) is 8.43. The van der Waals surface area contributed by atoms with Crippen LogP contribution in [-0.2, 0) is 6.42 Å². The van der Waals surface area contributed by atoms with Gasteiger partial charge in [-0.15, -0.1) is 4.70 Å². The lowest BCUT2D eigenvalue weighted by Crippen LogP contribution is -2.22. The number of aryl methyl sites for hydroxylation is 1. The van der Waals surface area contributed by atoms with E-state index in [1.807, 2.05) is 43.4 Å². The molecule has 0 saturated heterocycles. The maximum atomic E-state index is 12.8. The number of anilines is 2. The summed E-state index contributed by atoms with van der Waals surface area (Å²) in [6.07, 6.45) is 1.85. The fourth-order valence-electron chi connectivity index (χ4n) is 3.21. The van der Waals surface area contributed by atoms with Crippen molar-refractivity contribution >= 4 is 23.0 Å². The molecule has 0 bridgehead atoms. The minimum Gasteiger partial charge on any atom is -0.349 e. The van der Waals surface area contributed by atoms with Crippen LogP contribution in [0.3, 0.4) is 0 Å². The molecule has 7 nitrogen and oxygen atoms in total. The van der Waals surface area contributed by atoms with Crippen LogP contribution in [0, 0.1) is 0 Å². The number of carbonyl (C=O) groups excluding carboxylic acids is 1. The van der Waals surface area contributed by atoms with E-state index in [9.17, 15) is 4.79 Å². The number of hydrogen-bond acceptors (Lipinski definition) is 5. The first-order chi connectivity index (χ1) is 12.6. The molecule has 130 valence electrons. The van der Waals surface area contributed by atoms with E-state index in [2.05, 4.69) is 32.4 Å². The number of nitrogens with one attached hydrogen (secondary N) is 1. The molecule has 0 atom stereocenters. The summed E-state index contributed by atoms with van der Waals surface area (Å²) >= 11 is 0. The second kappa shape index (κ2) is 6.51. The average molecular weight is 347 g/mol. The number of fused-ring (bicyclic) bond motifs is 1. The second-order valence-corrected chi connectivity index (χ2v) is 6.30. The Morgan fingerprint density at radius 1 is 1.23 bits per heavy atom. The summed E-state index contributed by atoms with van der Waals surface area (Å²) in [6, 6.07) is 13.3. The van der Waals surface area contributed by atoms with Crippen molar-refractivity contribution in [2.24, 2.45) is 15.6 Å². The van der Waals surface area contributed by atoms with Gasteiger partial charge in [-0.05, 0) is 53.9 Å². The summed E-state index contributed by atoms with van der Waals surface area (Å²) in [7, 11) is 2.02. The molecule has 7 heteroatoms. The van der Waals surface area contributed by atoms with Gasteiger partial charge in [0.15, 0.2) is 10.9 Å². The van der Waals surface area contributed by atoms with Crippen LogP contribution in [0.15, 0.2) is 70.3 Å². The molecule has 2 aliphatic rings. The number of allylic oxidation sites excluding steroid dienone is 1. The standard InChI is InChI=1S/C19H18N6O/c1-13-7-8-14-11-15(9-10-17(14)24(13)2)21-19(26)16-5-3-4-6-18(16)25-12-20-22-23-25/h3-6,9-11H,1,7-8,12H2,2H3/p+1. The molecule has 26 heavy (non-hydrogen) atoms. The zero-order chi connectivity index (χ0) is 18.1. The van der Waals surface area contributed by atoms with Crippen LogP contribution >= 0.6 is 0 Å². The molecule has 1 N–H and O–H groups in total. The van der Waals surface area contributed by atoms with Gasteiger partial charge in [0.05, 0.1) is 5.56 Å².